The first-order chi connectivity index (χ1) is 11.3. The number of benzene rings is 1. The maximum absolute atomic E-state index is 12.7. The van der Waals surface area contributed by atoms with Gasteiger partial charge in [0.25, 0.3) is 0 Å². The van der Waals surface area contributed by atoms with E-state index in [9.17, 15) is 22.8 Å². The van der Waals surface area contributed by atoms with E-state index in [4.69, 9.17) is 4.74 Å². The quantitative estimate of drug-likeness (QED) is 0.846. The molecule has 0 aromatic heterocycles. The number of amides is 2. The van der Waals surface area contributed by atoms with Crippen LogP contribution in [0.25, 0.3) is 0 Å². The second-order valence-electron chi connectivity index (χ2n) is 5.45. The van der Waals surface area contributed by atoms with Crippen LogP contribution in [0.5, 0.6) is 0 Å². The number of hydrogen-bond acceptors (Lipinski definition) is 3. The van der Waals surface area contributed by atoms with E-state index in [1.165, 1.54) is 4.90 Å². The van der Waals surface area contributed by atoms with Crippen molar-refractivity contribution in [3.05, 3.63) is 30.3 Å². The first-order valence-electron chi connectivity index (χ1n) is 7.71. The van der Waals surface area contributed by atoms with Crippen molar-refractivity contribution in [3.63, 3.8) is 0 Å². The van der Waals surface area contributed by atoms with E-state index in [1.54, 1.807) is 37.3 Å². The molecule has 0 spiro atoms. The number of anilines is 1. The first kappa shape index (κ1) is 18.1. The molecular weight excluding hydrogens is 325 g/mol. The van der Waals surface area contributed by atoms with Crippen LogP contribution < -0.4 is 4.90 Å². The van der Waals surface area contributed by atoms with Gasteiger partial charge >= 0.3 is 18.2 Å². The summed E-state index contributed by atoms with van der Waals surface area (Å²) in [6.45, 7) is 1.66. The summed E-state index contributed by atoms with van der Waals surface area (Å²) in [5.74, 6) is -1.87. The molecule has 0 N–H and O–H groups in total. The molecule has 5 nitrogen and oxygen atoms in total. The van der Waals surface area contributed by atoms with Crippen LogP contribution >= 0.6 is 0 Å². The van der Waals surface area contributed by atoms with Crippen LogP contribution in [0.15, 0.2) is 30.3 Å². The van der Waals surface area contributed by atoms with Crippen LogP contribution in [-0.4, -0.2) is 48.8 Å². The topological polar surface area (TPSA) is 49.9 Å². The van der Waals surface area contributed by atoms with Crippen molar-refractivity contribution in [2.24, 2.45) is 0 Å². The highest BCUT2D eigenvalue weighted by Gasteiger charge is 2.44. The SMILES string of the molecule is CCOC(=O)N(c1ccccc1)C1CCCN(C(=O)C(F)(F)F)C1. The number of likely N-dealkylation sites (tertiary alicyclic amines) is 1. The number of alkyl halides is 3. The van der Waals surface area contributed by atoms with E-state index in [0.29, 0.717) is 18.5 Å². The van der Waals surface area contributed by atoms with Gasteiger partial charge in [0.15, 0.2) is 0 Å². The molecule has 2 amide bonds. The summed E-state index contributed by atoms with van der Waals surface area (Å²) in [5.41, 5.74) is 0.530. The van der Waals surface area contributed by atoms with Crippen molar-refractivity contribution >= 4 is 17.7 Å². The lowest BCUT2D eigenvalue weighted by Gasteiger charge is -2.38. The summed E-state index contributed by atoms with van der Waals surface area (Å²) in [6.07, 6.45) is -4.66. The highest BCUT2D eigenvalue weighted by molar-refractivity contribution is 5.89. The fourth-order valence-electron chi connectivity index (χ4n) is 2.78. The molecular formula is C16H19F3N2O3. The molecule has 2 rings (SSSR count). The Morgan fingerprint density at radius 3 is 2.54 bits per heavy atom. The minimum atomic E-state index is -4.91. The lowest BCUT2D eigenvalue weighted by atomic mass is 10.0. The maximum Gasteiger partial charge on any atom is 0.471 e. The van der Waals surface area contributed by atoms with Gasteiger partial charge in [-0.3, -0.25) is 9.69 Å². The number of ether oxygens (including phenoxy) is 1. The van der Waals surface area contributed by atoms with Crippen molar-refractivity contribution in [3.8, 4) is 0 Å². The molecule has 0 bridgehead atoms. The largest absolute Gasteiger partial charge is 0.471 e. The van der Waals surface area contributed by atoms with Crippen molar-refractivity contribution in [2.75, 3.05) is 24.6 Å². The molecule has 1 fully saturated rings. The predicted molar refractivity (Wildman–Crippen MR) is 81.6 cm³/mol. The highest BCUT2D eigenvalue weighted by Crippen LogP contribution is 2.27. The van der Waals surface area contributed by atoms with E-state index in [-0.39, 0.29) is 19.7 Å². The Labute approximate surface area is 138 Å². The molecule has 1 aromatic carbocycles. The molecule has 0 aliphatic carbocycles. The van der Waals surface area contributed by atoms with Crippen LogP contribution in [0.2, 0.25) is 0 Å². The normalized spacial score (nSPS) is 18.2. The molecule has 8 heteroatoms. The van der Waals surface area contributed by atoms with Gasteiger partial charge in [0.05, 0.1) is 12.6 Å². The molecule has 1 saturated heterocycles. The monoisotopic (exact) mass is 344 g/mol. The van der Waals surface area contributed by atoms with Crippen molar-refractivity contribution in [1.29, 1.82) is 0 Å². The number of hydrogen-bond donors (Lipinski definition) is 0. The standard InChI is InChI=1S/C16H19F3N2O3/c1-2-24-15(23)21(12-7-4-3-5-8-12)13-9-6-10-20(11-13)14(22)16(17,18)19/h3-5,7-8,13H,2,6,9-11H2,1H3. The second kappa shape index (κ2) is 7.55. The van der Waals surface area contributed by atoms with E-state index in [0.717, 1.165) is 4.90 Å². The van der Waals surface area contributed by atoms with E-state index in [2.05, 4.69) is 0 Å². The summed E-state index contributed by atoms with van der Waals surface area (Å²) in [4.78, 5) is 25.9. The number of halogens is 3. The third kappa shape index (κ3) is 4.18. The van der Waals surface area contributed by atoms with Gasteiger partial charge in [0.1, 0.15) is 0 Å². The van der Waals surface area contributed by atoms with Crippen LogP contribution in [0.1, 0.15) is 19.8 Å². The first-order valence-corrected chi connectivity index (χ1v) is 7.71. The van der Waals surface area contributed by atoms with Crippen LogP contribution in [-0.2, 0) is 9.53 Å². The fourth-order valence-corrected chi connectivity index (χ4v) is 2.78. The van der Waals surface area contributed by atoms with Crippen LogP contribution in [0.3, 0.4) is 0 Å². The lowest BCUT2D eigenvalue weighted by molar-refractivity contribution is -0.186. The molecule has 1 aromatic rings. The van der Waals surface area contributed by atoms with Gasteiger partial charge in [-0.15, -0.1) is 0 Å². The molecule has 1 aliphatic heterocycles. The Balaban J connectivity index is 2.23. The van der Waals surface area contributed by atoms with E-state index < -0.39 is 24.2 Å². The van der Waals surface area contributed by atoms with Crippen molar-refractivity contribution in [1.82, 2.24) is 4.90 Å². The van der Waals surface area contributed by atoms with Crippen molar-refractivity contribution in [2.45, 2.75) is 32.0 Å². The highest BCUT2D eigenvalue weighted by atomic mass is 19.4. The summed E-state index contributed by atoms with van der Waals surface area (Å²) < 4.78 is 43.0. The second-order valence-corrected chi connectivity index (χ2v) is 5.45. The number of nitrogens with zero attached hydrogens (tertiary/aromatic N) is 2. The predicted octanol–water partition coefficient (Wildman–Crippen LogP) is 3.20. The van der Waals surface area contributed by atoms with Gasteiger partial charge in [-0.05, 0) is 31.9 Å². The Bertz CT molecular complexity index is 578. The van der Waals surface area contributed by atoms with Gasteiger partial charge < -0.3 is 9.64 Å². The zero-order valence-corrected chi connectivity index (χ0v) is 13.3. The summed E-state index contributed by atoms with van der Waals surface area (Å²) >= 11 is 0. The smallest absolute Gasteiger partial charge is 0.449 e. The zero-order valence-electron chi connectivity index (χ0n) is 13.3. The summed E-state index contributed by atoms with van der Waals surface area (Å²) in [6, 6.07) is 8.02. The fraction of sp³-hybridized carbons (Fsp3) is 0.500. The summed E-state index contributed by atoms with van der Waals surface area (Å²) in [5, 5.41) is 0. The van der Waals surface area contributed by atoms with Gasteiger partial charge in [-0.25, -0.2) is 4.79 Å². The molecule has 1 atom stereocenters. The minimum Gasteiger partial charge on any atom is -0.449 e. The molecule has 1 aliphatic rings. The third-order valence-corrected chi connectivity index (χ3v) is 3.79. The Kier molecular flexibility index (Phi) is 5.69. The number of carbonyl (C=O) groups is 2. The Hall–Kier alpha value is -2.25. The molecule has 0 saturated carbocycles. The third-order valence-electron chi connectivity index (χ3n) is 3.79. The van der Waals surface area contributed by atoms with Crippen molar-refractivity contribution < 1.29 is 27.5 Å². The van der Waals surface area contributed by atoms with Crippen LogP contribution in [0.4, 0.5) is 23.7 Å². The number of carbonyl (C=O) groups excluding carboxylic acids is 2. The van der Waals surface area contributed by atoms with Gasteiger partial charge in [0.2, 0.25) is 0 Å². The number of para-hydroxylation sites is 1. The Morgan fingerprint density at radius 2 is 1.96 bits per heavy atom. The average Bonchev–Trinajstić information content (AvgIpc) is 2.55. The molecule has 1 heterocycles. The lowest BCUT2D eigenvalue weighted by Crippen LogP contribution is -2.54. The maximum atomic E-state index is 12.7. The Morgan fingerprint density at radius 1 is 1.29 bits per heavy atom. The molecule has 0 radical (unpaired) electrons. The van der Waals surface area contributed by atoms with E-state index in [1.807, 2.05) is 0 Å². The zero-order chi connectivity index (χ0) is 17.7. The summed E-state index contributed by atoms with van der Waals surface area (Å²) in [7, 11) is 0. The molecule has 24 heavy (non-hydrogen) atoms. The average molecular weight is 344 g/mol. The molecule has 1 unspecified atom stereocenters. The number of piperidine rings is 1. The van der Waals surface area contributed by atoms with Gasteiger partial charge in [-0.1, -0.05) is 18.2 Å². The van der Waals surface area contributed by atoms with E-state index >= 15 is 0 Å². The number of rotatable bonds is 3. The van der Waals surface area contributed by atoms with Gasteiger partial charge in [0, 0.05) is 18.8 Å². The minimum absolute atomic E-state index is 0.0281. The van der Waals surface area contributed by atoms with Gasteiger partial charge in [-0.2, -0.15) is 13.2 Å². The molecule has 132 valence electrons. The van der Waals surface area contributed by atoms with Crippen LogP contribution in [0, 0.1) is 0 Å².